The Bertz CT molecular complexity index is 932. The number of carbonyl (C=O) groups is 2. The number of aryl methyl sites for hydroxylation is 2. The van der Waals surface area contributed by atoms with Gasteiger partial charge in [0.25, 0.3) is 5.91 Å². The lowest BCUT2D eigenvalue weighted by Gasteiger charge is -2.38. The Balaban J connectivity index is 1.45. The molecule has 0 bridgehead atoms. The number of ether oxygens (including phenoxy) is 1. The van der Waals surface area contributed by atoms with Crippen LogP contribution in [0.5, 0.6) is 0 Å². The molecule has 2 saturated heterocycles. The SMILES string of the molecule is Cc1cc2nnc(C(=O)N3CCC(N4C(=O)OC[C@H]4CC(C)C)CC3)c(C)n2n1. The molecular formula is C20H28N6O3. The Morgan fingerprint density at radius 2 is 1.97 bits per heavy atom. The summed E-state index contributed by atoms with van der Waals surface area (Å²) < 4.78 is 6.98. The van der Waals surface area contributed by atoms with Crippen LogP contribution in [0.25, 0.3) is 5.65 Å². The molecule has 29 heavy (non-hydrogen) atoms. The first-order valence-corrected chi connectivity index (χ1v) is 10.3. The molecule has 0 radical (unpaired) electrons. The van der Waals surface area contributed by atoms with Crippen molar-refractivity contribution in [1.29, 1.82) is 0 Å². The van der Waals surface area contributed by atoms with Crippen LogP contribution >= 0.6 is 0 Å². The summed E-state index contributed by atoms with van der Waals surface area (Å²) in [5.41, 5.74) is 2.49. The second kappa shape index (κ2) is 7.61. The van der Waals surface area contributed by atoms with Crippen molar-refractivity contribution in [3.05, 3.63) is 23.1 Å². The van der Waals surface area contributed by atoms with Crippen LogP contribution in [0, 0.1) is 19.8 Å². The number of rotatable bonds is 4. The van der Waals surface area contributed by atoms with Gasteiger partial charge in [-0.2, -0.15) is 5.10 Å². The molecule has 0 N–H and O–H groups in total. The van der Waals surface area contributed by atoms with Crippen molar-refractivity contribution in [1.82, 2.24) is 29.6 Å². The van der Waals surface area contributed by atoms with Crippen LogP contribution in [0.2, 0.25) is 0 Å². The predicted octanol–water partition coefficient (Wildman–Crippen LogP) is 2.21. The van der Waals surface area contributed by atoms with Gasteiger partial charge in [0.1, 0.15) is 6.61 Å². The maximum Gasteiger partial charge on any atom is 0.410 e. The van der Waals surface area contributed by atoms with E-state index in [0.717, 1.165) is 25.0 Å². The summed E-state index contributed by atoms with van der Waals surface area (Å²) in [6.07, 6.45) is 2.20. The number of cyclic esters (lactones) is 1. The predicted molar refractivity (Wildman–Crippen MR) is 106 cm³/mol. The average molecular weight is 400 g/mol. The molecule has 9 heteroatoms. The molecule has 0 aromatic carbocycles. The summed E-state index contributed by atoms with van der Waals surface area (Å²) >= 11 is 0. The third-order valence-electron chi connectivity index (χ3n) is 5.82. The highest BCUT2D eigenvalue weighted by atomic mass is 16.6. The fourth-order valence-electron chi connectivity index (χ4n) is 4.42. The van der Waals surface area contributed by atoms with Crippen LogP contribution in [0.4, 0.5) is 4.79 Å². The topological polar surface area (TPSA) is 92.9 Å². The zero-order valence-corrected chi connectivity index (χ0v) is 17.5. The van der Waals surface area contributed by atoms with Crippen LogP contribution in [0.3, 0.4) is 0 Å². The molecule has 0 aliphatic carbocycles. The van der Waals surface area contributed by atoms with E-state index in [4.69, 9.17) is 4.74 Å². The van der Waals surface area contributed by atoms with Crippen LogP contribution in [-0.4, -0.2) is 73.4 Å². The maximum atomic E-state index is 13.1. The Kier molecular flexibility index (Phi) is 5.14. The second-order valence-corrected chi connectivity index (χ2v) is 8.48. The molecule has 4 heterocycles. The van der Waals surface area contributed by atoms with Crippen LogP contribution in [0.15, 0.2) is 6.07 Å². The van der Waals surface area contributed by atoms with Gasteiger partial charge in [-0.3, -0.25) is 9.69 Å². The van der Waals surface area contributed by atoms with Gasteiger partial charge in [0.2, 0.25) is 0 Å². The van der Waals surface area contributed by atoms with Gasteiger partial charge in [0.05, 0.1) is 17.4 Å². The van der Waals surface area contributed by atoms with Crippen molar-refractivity contribution in [3.63, 3.8) is 0 Å². The number of likely N-dealkylation sites (tertiary alicyclic amines) is 1. The van der Waals surface area contributed by atoms with E-state index in [2.05, 4.69) is 29.1 Å². The Hall–Kier alpha value is -2.71. The van der Waals surface area contributed by atoms with Gasteiger partial charge in [-0.1, -0.05) is 13.8 Å². The van der Waals surface area contributed by atoms with Crippen LogP contribution in [-0.2, 0) is 4.74 Å². The fraction of sp³-hybridized carbons (Fsp3) is 0.650. The zero-order valence-electron chi connectivity index (χ0n) is 17.5. The molecule has 2 fully saturated rings. The minimum atomic E-state index is -0.221. The quantitative estimate of drug-likeness (QED) is 0.781. The van der Waals surface area contributed by atoms with Crippen molar-refractivity contribution in [3.8, 4) is 0 Å². The van der Waals surface area contributed by atoms with E-state index in [0.29, 0.717) is 42.6 Å². The molecule has 2 aromatic rings. The van der Waals surface area contributed by atoms with Crippen molar-refractivity contribution in [2.75, 3.05) is 19.7 Å². The molecule has 2 aliphatic rings. The summed E-state index contributed by atoms with van der Waals surface area (Å²) in [4.78, 5) is 29.0. The van der Waals surface area contributed by atoms with E-state index in [1.54, 1.807) is 9.42 Å². The summed E-state index contributed by atoms with van der Waals surface area (Å²) in [6.45, 7) is 9.67. The monoisotopic (exact) mass is 400 g/mol. The van der Waals surface area contributed by atoms with Crippen LogP contribution in [0.1, 0.15) is 55.0 Å². The molecule has 2 aliphatic heterocycles. The molecule has 2 aromatic heterocycles. The Labute approximate surface area is 170 Å². The first-order chi connectivity index (χ1) is 13.8. The standard InChI is InChI=1S/C20H28N6O3/c1-12(2)9-16-11-29-20(28)25(16)15-5-7-24(8-6-15)19(27)18-14(4)26-17(21-22-18)10-13(3)23-26/h10,12,15-16H,5-9,11H2,1-4H3/t16-/m1/s1. The third-order valence-corrected chi connectivity index (χ3v) is 5.82. The van der Waals surface area contributed by atoms with E-state index in [1.807, 2.05) is 24.8 Å². The summed E-state index contributed by atoms with van der Waals surface area (Å²) in [7, 11) is 0. The van der Waals surface area contributed by atoms with E-state index in [-0.39, 0.29) is 24.1 Å². The number of carbonyl (C=O) groups excluding carboxylic acids is 2. The maximum absolute atomic E-state index is 13.1. The van der Waals surface area contributed by atoms with Gasteiger partial charge in [0, 0.05) is 25.2 Å². The normalized spacial score (nSPS) is 20.7. The lowest BCUT2D eigenvalue weighted by Crippen LogP contribution is -2.50. The van der Waals surface area contributed by atoms with Gasteiger partial charge in [-0.25, -0.2) is 9.31 Å². The number of aromatic nitrogens is 4. The molecule has 0 saturated carbocycles. The second-order valence-electron chi connectivity index (χ2n) is 8.48. The third kappa shape index (κ3) is 3.65. The fourth-order valence-corrected chi connectivity index (χ4v) is 4.42. The van der Waals surface area contributed by atoms with Gasteiger partial charge >= 0.3 is 6.09 Å². The van der Waals surface area contributed by atoms with Crippen LogP contribution < -0.4 is 0 Å². The molecular weight excluding hydrogens is 372 g/mol. The molecule has 2 amide bonds. The number of piperidine rings is 1. The first-order valence-electron chi connectivity index (χ1n) is 10.3. The van der Waals surface area contributed by atoms with Gasteiger partial charge in [0.15, 0.2) is 11.3 Å². The highest BCUT2D eigenvalue weighted by molar-refractivity contribution is 5.93. The van der Waals surface area contributed by atoms with Crippen molar-refractivity contribution in [2.24, 2.45) is 5.92 Å². The zero-order chi connectivity index (χ0) is 20.7. The number of nitrogens with zero attached hydrogens (tertiary/aromatic N) is 6. The minimum absolute atomic E-state index is 0.112. The van der Waals surface area contributed by atoms with E-state index in [1.165, 1.54) is 0 Å². The highest BCUT2D eigenvalue weighted by Crippen LogP contribution is 2.27. The van der Waals surface area contributed by atoms with E-state index >= 15 is 0 Å². The van der Waals surface area contributed by atoms with E-state index < -0.39 is 0 Å². The molecule has 0 spiro atoms. The molecule has 9 nitrogen and oxygen atoms in total. The molecule has 156 valence electrons. The minimum Gasteiger partial charge on any atom is -0.447 e. The number of fused-ring (bicyclic) bond motifs is 1. The van der Waals surface area contributed by atoms with Crippen molar-refractivity contribution in [2.45, 2.75) is 59.0 Å². The summed E-state index contributed by atoms with van der Waals surface area (Å²) in [6, 6.07) is 2.08. The van der Waals surface area contributed by atoms with E-state index in [9.17, 15) is 9.59 Å². The molecule has 0 unspecified atom stereocenters. The van der Waals surface area contributed by atoms with Gasteiger partial charge in [-0.05, 0) is 39.0 Å². The number of hydrogen-bond acceptors (Lipinski definition) is 6. The largest absolute Gasteiger partial charge is 0.447 e. The summed E-state index contributed by atoms with van der Waals surface area (Å²) in [5, 5.41) is 12.7. The molecule has 4 rings (SSSR count). The summed E-state index contributed by atoms with van der Waals surface area (Å²) in [5.74, 6) is 0.368. The lowest BCUT2D eigenvalue weighted by molar-refractivity contribution is 0.0622. The van der Waals surface area contributed by atoms with Crippen molar-refractivity contribution >= 4 is 17.6 Å². The average Bonchev–Trinajstić information content (AvgIpc) is 3.24. The number of amides is 2. The van der Waals surface area contributed by atoms with Gasteiger partial charge < -0.3 is 9.64 Å². The smallest absolute Gasteiger partial charge is 0.410 e. The molecule has 1 atom stereocenters. The van der Waals surface area contributed by atoms with Gasteiger partial charge in [-0.15, -0.1) is 10.2 Å². The Morgan fingerprint density at radius 3 is 2.66 bits per heavy atom. The Morgan fingerprint density at radius 1 is 1.24 bits per heavy atom. The lowest BCUT2D eigenvalue weighted by atomic mass is 9.98. The number of hydrogen-bond donors (Lipinski definition) is 0. The van der Waals surface area contributed by atoms with Crippen molar-refractivity contribution < 1.29 is 14.3 Å². The highest BCUT2D eigenvalue weighted by Gasteiger charge is 2.40. The first kappa shape index (κ1) is 19.6.